The highest BCUT2D eigenvalue weighted by molar-refractivity contribution is 6.01. The van der Waals surface area contributed by atoms with Crippen LogP contribution in [-0.2, 0) is 4.79 Å². The zero-order chi connectivity index (χ0) is 21.1. The lowest BCUT2D eigenvalue weighted by Crippen LogP contribution is -2.50. The zero-order valence-corrected chi connectivity index (χ0v) is 18.3. The molecule has 1 heterocycles. The number of piperidine rings is 1. The summed E-state index contributed by atoms with van der Waals surface area (Å²) in [5.74, 6) is -0.0399. The highest BCUT2D eigenvalue weighted by atomic mass is 16.2. The van der Waals surface area contributed by atoms with Crippen LogP contribution in [0.5, 0.6) is 0 Å². The van der Waals surface area contributed by atoms with Crippen molar-refractivity contribution in [3.63, 3.8) is 0 Å². The predicted octanol–water partition coefficient (Wildman–Crippen LogP) is 3.99. The number of hydrogen-bond acceptors (Lipinski definition) is 3. The Balaban J connectivity index is 1.78. The van der Waals surface area contributed by atoms with Gasteiger partial charge in [0, 0.05) is 42.5 Å². The fraction of sp³-hybridized carbons (Fsp3) is 0.583. The van der Waals surface area contributed by atoms with Crippen LogP contribution in [0.3, 0.4) is 0 Å². The van der Waals surface area contributed by atoms with E-state index in [2.05, 4.69) is 42.2 Å². The molecule has 2 N–H and O–H groups in total. The molecule has 0 bridgehead atoms. The van der Waals surface area contributed by atoms with Crippen LogP contribution in [0.15, 0.2) is 24.8 Å². The van der Waals surface area contributed by atoms with E-state index < -0.39 is 0 Å². The van der Waals surface area contributed by atoms with Crippen molar-refractivity contribution >= 4 is 23.1 Å². The number of rotatable bonds is 6. The largest absolute Gasteiger partial charge is 0.371 e. The van der Waals surface area contributed by atoms with Gasteiger partial charge in [-0.3, -0.25) is 9.59 Å². The van der Waals surface area contributed by atoms with E-state index in [1.165, 1.54) is 25.7 Å². The minimum absolute atomic E-state index is 0.0337. The van der Waals surface area contributed by atoms with Gasteiger partial charge in [-0.25, -0.2) is 0 Å². The van der Waals surface area contributed by atoms with E-state index in [-0.39, 0.29) is 29.7 Å². The van der Waals surface area contributed by atoms with E-state index in [1.807, 2.05) is 26.0 Å². The van der Waals surface area contributed by atoms with Crippen molar-refractivity contribution < 1.29 is 9.59 Å². The number of hydrogen-bond donors (Lipinski definition) is 2. The number of anilines is 1. The highest BCUT2D eigenvalue weighted by Gasteiger charge is 2.32. The second kappa shape index (κ2) is 9.02. The monoisotopic (exact) mass is 397 g/mol. The summed E-state index contributed by atoms with van der Waals surface area (Å²) in [6.07, 6.45) is 5.84. The van der Waals surface area contributed by atoms with Crippen LogP contribution < -0.4 is 15.5 Å². The van der Waals surface area contributed by atoms with E-state index in [9.17, 15) is 9.59 Å². The number of allylic oxidation sites excluding steroid dienone is 1. The van der Waals surface area contributed by atoms with Crippen molar-refractivity contribution in [2.24, 2.45) is 11.8 Å². The van der Waals surface area contributed by atoms with Crippen molar-refractivity contribution in [1.82, 2.24) is 10.6 Å². The van der Waals surface area contributed by atoms with Crippen LogP contribution in [-0.4, -0.2) is 37.5 Å². The highest BCUT2D eigenvalue weighted by Crippen LogP contribution is 2.34. The molecule has 2 fully saturated rings. The van der Waals surface area contributed by atoms with Gasteiger partial charge in [-0.05, 0) is 56.7 Å². The molecule has 0 spiro atoms. The van der Waals surface area contributed by atoms with E-state index in [0.717, 1.165) is 23.2 Å². The smallest absolute Gasteiger partial charge is 0.252 e. The van der Waals surface area contributed by atoms with Gasteiger partial charge in [-0.15, -0.1) is 0 Å². The van der Waals surface area contributed by atoms with E-state index in [1.54, 1.807) is 0 Å². The molecule has 3 rings (SSSR count). The minimum atomic E-state index is -0.187. The van der Waals surface area contributed by atoms with Gasteiger partial charge < -0.3 is 15.5 Å². The van der Waals surface area contributed by atoms with Crippen LogP contribution in [0, 0.1) is 11.8 Å². The van der Waals surface area contributed by atoms with Crippen molar-refractivity contribution in [3.8, 4) is 0 Å². The number of nitrogens with zero attached hydrogens (tertiary/aromatic N) is 1. The van der Waals surface area contributed by atoms with Crippen molar-refractivity contribution in [3.05, 3.63) is 35.9 Å². The van der Waals surface area contributed by atoms with Crippen LogP contribution >= 0.6 is 0 Å². The van der Waals surface area contributed by atoms with Crippen molar-refractivity contribution in [1.29, 1.82) is 0 Å². The first-order chi connectivity index (χ1) is 13.8. The van der Waals surface area contributed by atoms with E-state index >= 15 is 0 Å². The Morgan fingerprint density at radius 1 is 1.28 bits per heavy atom. The molecule has 1 saturated heterocycles. The SMILES string of the molecule is C=C(C)c1c(C(=O)NCC2C(=O)NC(C)CC2C)cccc1N(C)C1CCCC1. The van der Waals surface area contributed by atoms with E-state index in [4.69, 9.17) is 0 Å². The molecular formula is C24H35N3O2. The van der Waals surface area contributed by atoms with Gasteiger partial charge in [0.15, 0.2) is 0 Å². The molecular weight excluding hydrogens is 362 g/mol. The first kappa shape index (κ1) is 21.4. The van der Waals surface area contributed by atoms with Crippen molar-refractivity contribution in [2.45, 2.75) is 65.0 Å². The lowest BCUT2D eigenvalue weighted by Gasteiger charge is -2.33. The molecule has 3 unspecified atom stereocenters. The normalized spacial score (nSPS) is 24.8. The number of carbonyl (C=O) groups excluding carboxylic acids is 2. The average molecular weight is 398 g/mol. The predicted molar refractivity (Wildman–Crippen MR) is 119 cm³/mol. The molecule has 2 amide bonds. The number of carbonyl (C=O) groups is 2. The third-order valence-corrected chi connectivity index (χ3v) is 6.59. The summed E-state index contributed by atoms with van der Waals surface area (Å²) >= 11 is 0. The molecule has 2 aliphatic rings. The van der Waals surface area contributed by atoms with Gasteiger partial charge in [0.2, 0.25) is 5.91 Å². The number of amides is 2. The Bertz CT molecular complexity index is 782. The second-order valence-electron chi connectivity index (χ2n) is 8.97. The minimum Gasteiger partial charge on any atom is -0.371 e. The summed E-state index contributed by atoms with van der Waals surface area (Å²) in [7, 11) is 2.12. The molecule has 0 aromatic heterocycles. The molecule has 158 valence electrons. The topological polar surface area (TPSA) is 61.4 Å². The Morgan fingerprint density at radius 3 is 2.59 bits per heavy atom. The molecule has 29 heavy (non-hydrogen) atoms. The second-order valence-corrected chi connectivity index (χ2v) is 8.97. The van der Waals surface area contributed by atoms with Gasteiger partial charge >= 0.3 is 0 Å². The van der Waals surface area contributed by atoms with Gasteiger partial charge in [0.25, 0.3) is 5.91 Å². The zero-order valence-electron chi connectivity index (χ0n) is 18.3. The maximum absolute atomic E-state index is 13.1. The molecule has 1 aliphatic carbocycles. The summed E-state index contributed by atoms with van der Waals surface area (Å²) in [5.41, 5.74) is 3.49. The Kier molecular flexibility index (Phi) is 6.66. The Hall–Kier alpha value is -2.30. The summed E-state index contributed by atoms with van der Waals surface area (Å²) in [4.78, 5) is 27.7. The molecule has 1 aliphatic heterocycles. The Morgan fingerprint density at radius 2 is 1.97 bits per heavy atom. The maximum Gasteiger partial charge on any atom is 0.252 e. The molecule has 0 radical (unpaired) electrons. The molecule has 1 aromatic carbocycles. The fourth-order valence-electron chi connectivity index (χ4n) is 4.94. The van der Waals surface area contributed by atoms with Gasteiger partial charge in [0.05, 0.1) is 5.92 Å². The van der Waals surface area contributed by atoms with Crippen LogP contribution in [0.4, 0.5) is 5.69 Å². The van der Waals surface area contributed by atoms with Gasteiger partial charge in [-0.2, -0.15) is 0 Å². The van der Waals surface area contributed by atoms with Gasteiger partial charge in [0.1, 0.15) is 0 Å². The first-order valence-electron chi connectivity index (χ1n) is 10.9. The van der Waals surface area contributed by atoms with E-state index in [0.29, 0.717) is 18.2 Å². The standard InChI is InChI=1S/C24H35N3O2/c1-15(2)22-19(11-8-12-21(22)27(5)18-9-6-7-10-18)23(28)25-14-20-16(3)13-17(4)26-24(20)29/h8,11-12,16-18,20H,1,6-7,9-10,13-14H2,2-5H3,(H,25,28)(H,26,29). The lowest BCUT2D eigenvalue weighted by molar-refractivity contribution is -0.129. The summed E-state index contributed by atoms with van der Waals surface area (Å²) in [6, 6.07) is 6.59. The molecule has 1 saturated carbocycles. The fourth-order valence-corrected chi connectivity index (χ4v) is 4.94. The first-order valence-corrected chi connectivity index (χ1v) is 10.9. The third kappa shape index (κ3) is 4.65. The number of nitrogens with one attached hydrogen (secondary N) is 2. The van der Waals surface area contributed by atoms with Gasteiger partial charge in [-0.1, -0.05) is 32.4 Å². The average Bonchev–Trinajstić information content (AvgIpc) is 3.20. The summed E-state index contributed by atoms with van der Waals surface area (Å²) in [5, 5.41) is 6.01. The van der Waals surface area contributed by atoms with Crippen LogP contribution in [0.25, 0.3) is 5.57 Å². The molecule has 5 nitrogen and oxygen atoms in total. The molecule has 5 heteroatoms. The molecule has 3 atom stereocenters. The van der Waals surface area contributed by atoms with Crippen LogP contribution in [0.1, 0.15) is 68.8 Å². The summed E-state index contributed by atoms with van der Waals surface area (Å²) in [6.45, 7) is 10.6. The quantitative estimate of drug-likeness (QED) is 0.763. The van der Waals surface area contributed by atoms with Crippen molar-refractivity contribution in [2.75, 3.05) is 18.5 Å². The number of benzene rings is 1. The summed E-state index contributed by atoms with van der Waals surface area (Å²) < 4.78 is 0. The Labute approximate surface area is 174 Å². The van der Waals surface area contributed by atoms with Crippen LogP contribution in [0.2, 0.25) is 0 Å². The lowest BCUT2D eigenvalue weighted by atomic mass is 9.84. The third-order valence-electron chi connectivity index (χ3n) is 6.59. The maximum atomic E-state index is 13.1. The molecule has 1 aromatic rings.